The van der Waals surface area contributed by atoms with Crippen LogP contribution in [0.3, 0.4) is 0 Å². The molecular formula is C22H22FN3OS. The van der Waals surface area contributed by atoms with Crippen molar-refractivity contribution in [2.24, 2.45) is 0 Å². The number of rotatable bonds is 7. The lowest BCUT2D eigenvalue weighted by molar-refractivity contribution is -0.120. The van der Waals surface area contributed by atoms with Gasteiger partial charge in [0, 0.05) is 6.04 Å². The Morgan fingerprint density at radius 3 is 2.61 bits per heavy atom. The molecule has 0 radical (unpaired) electrons. The smallest absolute Gasteiger partial charge is 0.233 e. The Hall–Kier alpha value is -2.60. The minimum absolute atomic E-state index is 0.0464. The van der Waals surface area contributed by atoms with Gasteiger partial charge in [-0.15, -0.1) is 0 Å². The average Bonchev–Trinajstić information content (AvgIpc) is 3.44. The first-order chi connectivity index (χ1) is 13.6. The number of nitrogens with one attached hydrogen (secondary N) is 1. The number of aromatic nitrogens is 2. The van der Waals surface area contributed by atoms with Gasteiger partial charge in [0.25, 0.3) is 0 Å². The Balaban J connectivity index is 1.63. The monoisotopic (exact) mass is 395 g/mol. The second kappa shape index (κ2) is 8.19. The van der Waals surface area contributed by atoms with E-state index >= 15 is 0 Å². The standard InChI is InChI=1S/C22H22FN3OS/c1-15(21(27)25-19-11-12-19)28-22-24-13-20(17-7-9-18(23)10-8-17)26(22)14-16-5-3-2-4-6-16/h2-10,13,15,19H,11-12,14H2,1H3,(H,25,27)/t15-/m1/s1. The van der Waals surface area contributed by atoms with Crippen molar-refractivity contribution in [1.82, 2.24) is 14.9 Å². The van der Waals surface area contributed by atoms with E-state index in [1.165, 1.54) is 23.9 Å². The van der Waals surface area contributed by atoms with Crippen LogP contribution in [-0.2, 0) is 11.3 Å². The Kier molecular flexibility index (Phi) is 5.48. The van der Waals surface area contributed by atoms with Gasteiger partial charge >= 0.3 is 0 Å². The van der Waals surface area contributed by atoms with Crippen molar-refractivity contribution in [3.63, 3.8) is 0 Å². The van der Waals surface area contributed by atoms with Gasteiger partial charge in [0.05, 0.1) is 23.7 Å². The molecule has 1 N–H and O–H groups in total. The summed E-state index contributed by atoms with van der Waals surface area (Å²) >= 11 is 1.45. The molecule has 1 saturated carbocycles. The molecule has 1 amide bonds. The lowest BCUT2D eigenvalue weighted by Gasteiger charge is -2.15. The third kappa shape index (κ3) is 4.44. The maximum Gasteiger partial charge on any atom is 0.233 e. The van der Waals surface area contributed by atoms with Gasteiger partial charge in [-0.2, -0.15) is 0 Å². The van der Waals surface area contributed by atoms with E-state index in [4.69, 9.17) is 0 Å². The van der Waals surface area contributed by atoms with Gasteiger partial charge < -0.3 is 9.88 Å². The second-order valence-electron chi connectivity index (χ2n) is 7.05. The van der Waals surface area contributed by atoms with Crippen molar-refractivity contribution in [3.05, 3.63) is 72.2 Å². The van der Waals surface area contributed by atoms with Crippen LogP contribution in [0, 0.1) is 5.82 Å². The van der Waals surface area contributed by atoms with Gasteiger partial charge in [-0.3, -0.25) is 4.79 Å². The fraction of sp³-hybridized carbons (Fsp3) is 0.273. The van der Waals surface area contributed by atoms with Gasteiger partial charge in [0.2, 0.25) is 5.91 Å². The van der Waals surface area contributed by atoms with E-state index in [1.807, 2.05) is 25.1 Å². The largest absolute Gasteiger partial charge is 0.352 e. The van der Waals surface area contributed by atoms with E-state index in [0.29, 0.717) is 12.6 Å². The number of thioether (sulfide) groups is 1. The quantitative estimate of drug-likeness (QED) is 0.600. The summed E-state index contributed by atoms with van der Waals surface area (Å²) in [5.41, 5.74) is 2.94. The van der Waals surface area contributed by atoms with Gasteiger partial charge in [-0.1, -0.05) is 42.1 Å². The molecule has 6 heteroatoms. The lowest BCUT2D eigenvalue weighted by Crippen LogP contribution is -2.32. The highest BCUT2D eigenvalue weighted by Crippen LogP contribution is 2.30. The number of benzene rings is 2. The Morgan fingerprint density at radius 1 is 1.21 bits per heavy atom. The van der Waals surface area contributed by atoms with Crippen molar-refractivity contribution < 1.29 is 9.18 Å². The molecule has 0 spiro atoms. The predicted octanol–water partition coefficient (Wildman–Crippen LogP) is 4.50. The number of carbonyl (C=O) groups excluding carboxylic acids is 1. The second-order valence-corrected chi connectivity index (χ2v) is 8.36. The van der Waals surface area contributed by atoms with E-state index in [2.05, 4.69) is 27.0 Å². The minimum Gasteiger partial charge on any atom is -0.352 e. The molecule has 1 heterocycles. The number of nitrogens with zero attached hydrogens (tertiary/aromatic N) is 2. The van der Waals surface area contributed by atoms with Crippen LogP contribution >= 0.6 is 11.8 Å². The summed E-state index contributed by atoms with van der Waals surface area (Å²) in [5, 5.41) is 3.59. The average molecular weight is 396 g/mol. The maximum absolute atomic E-state index is 13.4. The molecule has 0 bridgehead atoms. The fourth-order valence-electron chi connectivity index (χ4n) is 2.98. The van der Waals surface area contributed by atoms with Crippen LogP contribution in [0.25, 0.3) is 11.3 Å². The number of hydrogen-bond donors (Lipinski definition) is 1. The molecule has 0 unspecified atom stereocenters. The molecule has 1 aliphatic carbocycles. The van der Waals surface area contributed by atoms with Crippen LogP contribution in [0.15, 0.2) is 66.0 Å². The number of hydrogen-bond acceptors (Lipinski definition) is 3. The Bertz CT molecular complexity index is 952. The summed E-state index contributed by atoms with van der Waals surface area (Å²) in [6.45, 7) is 2.54. The first-order valence-corrected chi connectivity index (χ1v) is 10.3. The molecule has 3 aromatic rings. The number of amides is 1. The topological polar surface area (TPSA) is 46.9 Å². The van der Waals surface area contributed by atoms with E-state index in [9.17, 15) is 9.18 Å². The molecule has 2 aromatic carbocycles. The zero-order valence-corrected chi connectivity index (χ0v) is 16.5. The van der Waals surface area contributed by atoms with Crippen molar-refractivity contribution in [2.45, 2.75) is 42.8 Å². The highest BCUT2D eigenvalue weighted by molar-refractivity contribution is 8.00. The molecule has 1 fully saturated rings. The van der Waals surface area contributed by atoms with Crippen LogP contribution in [0.1, 0.15) is 25.3 Å². The fourth-order valence-corrected chi connectivity index (χ4v) is 3.88. The first kappa shape index (κ1) is 18.7. The lowest BCUT2D eigenvalue weighted by atomic mass is 10.1. The zero-order chi connectivity index (χ0) is 19.5. The van der Waals surface area contributed by atoms with E-state index in [-0.39, 0.29) is 17.0 Å². The van der Waals surface area contributed by atoms with Crippen LogP contribution < -0.4 is 5.32 Å². The molecule has 144 valence electrons. The van der Waals surface area contributed by atoms with Crippen LogP contribution in [-0.4, -0.2) is 26.8 Å². The van der Waals surface area contributed by atoms with Gasteiger partial charge in [0.1, 0.15) is 5.82 Å². The summed E-state index contributed by atoms with van der Waals surface area (Å²) < 4.78 is 15.4. The summed E-state index contributed by atoms with van der Waals surface area (Å²) in [7, 11) is 0. The Labute approximate surface area is 168 Å². The molecule has 28 heavy (non-hydrogen) atoms. The Morgan fingerprint density at radius 2 is 1.93 bits per heavy atom. The minimum atomic E-state index is -0.266. The molecular weight excluding hydrogens is 373 g/mol. The van der Waals surface area contributed by atoms with Gasteiger partial charge in [-0.05, 0) is 55.2 Å². The summed E-state index contributed by atoms with van der Waals surface area (Å²) in [4.78, 5) is 17.0. The highest BCUT2D eigenvalue weighted by Gasteiger charge is 2.27. The molecule has 1 aromatic heterocycles. The molecule has 1 atom stereocenters. The summed E-state index contributed by atoms with van der Waals surface area (Å²) in [6, 6.07) is 16.9. The molecule has 0 aliphatic heterocycles. The van der Waals surface area contributed by atoms with Gasteiger partial charge in [-0.25, -0.2) is 9.37 Å². The van der Waals surface area contributed by atoms with E-state index in [1.54, 1.807) is 18.3 Å². The van der Waals surface area contributed by atoms with E-state index < -0.39 is 0 Å². The molecule has 1 aliphatic rings. The number of halogens is 1. The summed E-state index contributed by atoms with van der Waals surface area (Å²) in [5.74, 6) is -0.220. The third-order valence-corrected chi connectivity index (χ3v) is 5.82. The van der Waals surface area contributed by atoms with Crippen molar-refractivity contribution in [1.29, 1.82) is 0 Å². The SMILES string of the molecule is C[C@@H](Sc1ncc(-c2ccc(F)cc2)n1Cc1ccccc1)C(=O)NC1CC1. The van der Waals surface area contributed by atoms with Crippen LogP contribution in [0.2, 0.25) is 0 Å². The third-order valence-electron chi connectivity index (χ3n) is 4.72. The van der Waals surface area contributed by atoms with E-state index in [0.717, 1.165) is 34.8 Å². The normalized spacial score (nSPS) is 14.6. The maximum atomic E-state index is 13.4. The summed E-state index contributed by atoms with van der Waals surface area (Å²) in [6.07, 6.45) is 3.94. The van der Waals surface area contributed by atoms with Crippen LogP contribution in [0.4, 0.5) is 4.39 Å². The number of carbonyl (C=O) groups is 1. The molecule has 4 rings (SSSR count). The highest BCUT2D eigenvalue weighted by atomic mass is 32.2. The van der Waals surface area contributed by atoms with Crippen molar-refractivity contribution in [3.8, 4) is 11.3 Å². The molecule has 0 saturated heterocycles. The first-order valence-electron chi connectivity index (χ1n) is 9.42. The number of imidazole rings is 1. The predicted molar refractivity (Wildman–Crippen MR) is 110 cm³/mol. The van der Waals surface area contributed by atoms with Crippen LogP contribution in [0.5, 0.6) is 0 Å². The van der Waals surface area contributed by atoms with Gasteiger partial charge in [0.15, 0.2) is 5.16 Å². The molecule has 4 nitrogen and oxygen atoms in total. The van der Waals surface area contributed by atoms with Crippen molar-refractivity contribution >= 4 is 17.7 Å². The van der Waals surface area contributed by atoms with Crippen molar-refractivity contribution in [2.75, 3.05) is 0 Å². The zero-order valence-electron chi connectivity index (χ0n) is 15.6.